The predicted molar refractivity (Wildman–Crippen MR) is 59.5 cm³/mol. The molecule has 0 aliphatic heterocycles. The van der Waals surface area contributed by atoms with Crippen LogP contribution in [-0.4, -0.2) is 0 Å². The lowest BCUT2D eigenvalue weighted by atomic mass is 10.2. The van der Waals surface area contributed by atoms with Gasteiger partial charge in [0.1, 0.15) is 0 Å². The first-order chi connectivity index (χ1) is 6.61. The number of rotatable bonds is 1. The molecule has 2 rings (SSSR count). The Kier molecular flexibility index (Phi) is 2.77. The lowest BCUT2D eigenvalue weighted by Gasteiger charge is -2.06. The minimum absolute atomic E-state index is 0.0116. The van der Waals surface area contributed by atoms with Crippen molar-refractivity contribution < 1.29 is 8.78 Å². The van der Waals surface area contributed by atoms with Crippen LogP contribution in [0.2, 0.25) is 5.02 Å². The molecule has 5 heteroatoms. The highest BCUT2D eigenvalue weighted by molar-refractivity contribution is 9.10. The normalized spacial score (nSPS) is 11.5. The summed E-state index contributed by atoms with van der Waals surface area (Å²) < 4.78 is 26.4. The topological polar surface area (TPSA) is 0 Å². The summed E-state index contributed by atoms with van der Waals surface area (Å²) in [7, 11) is 0. The summed E-state index contributed by atoms with van der Waals surface area (Å²) in [6.45, 7) is 0. The van der Waals surface area contributed by atoms with E-state index in [9.17, 15) is 8.78 Å². The maximum absolute atomic E-state index is 12.7. The SMILES string of the molecule is FC(F)c1c(Br)c(Cl)cc2ccsc12. The monoisotopic (exact) mass is 296 g/mol. The summed E-state index contributed by atoms with van der Waals surface area (Å²) >= 11 is 10.2. The Morgan fingerprint density at radius 1 is 1.43 bits per heavy atom. The molecule has 0 saturated carbocycles. The Morgan fingerprint density at radius 2 is 2.14 bits per heavy atom. The van der Waals surface area contributed by atoms with E-state index in [1.165, 1.54) is 11.3 Å². The van der Waals surface area contributed by atoms with Crippen LogP contribution in [0.15, 0.2) is 22.0 Å². The minimum Gasteiger partial charge on any atom is -0.205 e. The molecule has 0 spiro atoms. The molecule has 1 aromatic heterocycles. The van der Waals surface area contributed by atoms with Gasteiger partial charge in [0.25, 0.3) is 6.43 Å². The molecule has 0 radical (unpaired) electrons. The van der Waals surface area contributed by atoms with Gasteiger partial charge in [0.05, 0.1) is 10.6 Å². The van der Waals surface area contributed by atoms with E-state index in [0.717, 1.165) is 5.39 Å². The Balaban J connectivity index is 2.86. The van der Waals surface area contributed by atoms with Gasteiger partial charge in [0.2, 0.25) is 0 Å². The molecule has 14 heavy (non-hydrogen) atoms. The zero-order chi connectivity index (χ0) is 10.3. The van der Waals surface area contributed by atoms with Gasteiger partial charge in [-0.15, -0.1) is 11.3 Å². The molecule has 0 atom stereocenters. The molecule has 0 saturated heterocycles. The molecule has 1 heterocycles. The van der Waals surface area contributed by atoms with Crippen molar-refractivity contribution in [3.8, 4) is 0 Å². The van der Waals surface area contributed by atoms with Crippen LogP contribution in [0.3, 0.4) is 0 Å². The first-order valence-corrected chi connectivity index (χ1v) is 5.79. The predicted octanol–water partition coefficient (Wildman–Crippen LogP) is 5.25. The highest BCUT2D eigenvalue weighted by Crippen LogP contribution is 2.41. The number of alkyl halides is 2. The third kappa shape index (κ3) is 1.55. The highest BCUT2D eigenvalue weighted by Gasteiger charge is 2.19. The molecule has 0 aliphatic rings. The zero-order valence-electron chi connectivity index (χ0n) is 6.73. The zero-order valence-corrected chi connectivity index (χ0v) is 9.89. The number of halogens is 4. The number of hydrogen-bond donors (Lipinski definition) is 0. The van der Waals surface area contributed by atoms with Gasteiger partial charge in [-0.3, -0.25) is 0 Å². The van der Waals surface area contributed by atoms with Crippen molar-refractivity contribution >= 4 is 49.0 Å². The molecule has 0 amide bonds. The van der Waals surface area contributed by atoms with Crippen LogP contribution in [0.4, 0.5) is 8.78 Å². The van der Waals surface area contributed by atoms with Crippen LogP contribution < -0.4 is 0 Å². The average Bonchev–Trinajstić information content (AvgIpc) is 2.52. The number of thiophene rings is 1. The average molecular weight is 298 g/mol. The maximum atomic E-state index is 12.7. The van der Waals surface area contributed by atoms with E-state index in [4.69, 9.17) is 11.6 Å². The standard InChI is InChI=1S/C9H4BrClF2S/c10-7-5(11)3-4-1-2-14-8(4)6(7)9(12)13/h1-3,9H. The van der Waals surface area contributed by atoms with Gasteiger partial charge in [-0.25, -0.2) is 8.78 Å². The number of benzene rings is 1. The Morgan fingerprint density at radius 3 is 2.79 bits per heavy atom. The molecule has 74 valence electrons. The lowest BCUT2D eigenvalue weighted by molar-refractivity contribution is 0.152. The van der Waals surface area contributed by atoms with Gasteiger partial charge in [-0.1, -0.05) is 11.6 Å². The van der Waals surface area contributed by atoms with E-state index in [2.05, 4.69) is 15.9 Å². The highest BCUT2D eigenvalue weighted by atomic mass is 79.9. The quantitative estimate of drug-likeness (QED) is 0.674. The van der Waals surface area contributed by atoms with E-state index in [-0.39, 0.29) is 5.56 Å². The summed E-state index contributed by atoms with van der Waals surface area (Å²) in [5.74, 6) is 0. The Bertz CT molecular complexity index is 481. The lowest BCUT2D eigenvalue weighted by Crippen LogP contribution is -1.87. The van der Waals surface area contributed by atoms with Crippen LogP contribution in [-0.2, 0) is 0 Å². The third-order valence-corrected chi connectivity index (χ3v) is 4.23. The second kappa shape index (κ2) is 3.76. The van der Waals surface area contributed by atoms with E-state index >= 15 is 0 Å². The second-order valence-corrected chi connectivity index (χ2v) is 4.84. The van der Waals surface area contributed by atoms with Crippen molar-refractivity contribution in [2.75, 3.05) is 0 Å². The Hall–Kier alpha value is -0.190. The summed E-state index contributed by atoms with van der Waals surface area (Å²) in [5, 5.41) is 2.86. The molecular formula is C9H4BrClF2S. The molecular weight excluding hydrogens is 294 g/mol. The maximum Gasteiger partial charge on any atom is 0.266 e. The smallest absolute Gasteiger partial charge is 0.205 e. The largest absolute Gasteiger partial charge is 0.266 e. The fourth-order valence-electron chi connectivity index (χ4n) is 1.27. The Labute approximate surface area is 96.6 Å². The molecule has 1 aromatic carbocycles. The van der Waals surface area contributed by atoms with Crippen molar-refractivity contribution in [2.45, 2.75) is 6.43 Å². The van der Waals surface area contributed by atoms with Crippen LogP contribution in [0, 0.1) is 0 Å². The molecule has 0 aliphatic carbocycles. The van der Waals surface area contributed by atoms with Gasteiger partial charge >= 0.3 is 0 Å². The van der Waals surface area contributed by atoms with Crippen molar-refractivity contribution in [1.29, 1.82) is 0 Å². The summed E-state index contributed by atoms with van der Waals surface area (Å²) in [6, 6.07) is 3.47. The number of fused-ring (bicyclic) bond motifs is 1. The molecule has 2 aromatic rings. The molecule has 0 nitrogen and oxygen atoms in total. The van der Waals surface area contributed by atoms with Crippen LogP contribution >= 0.6 is 38.9 Å². The van der Waals surface area contributed by atoms with Crippen LogP contribution in [0.25, 0.3) is 10.1 Å². The second-order valence-electron chi connectivity index (χ2n) is 2.73. The first kappa shape index (κ1) is 10.3. The van der Waals surface area contributed by atoms with E-state index < -0.39 is 6.43 Å². The van der Waals surface area contributed by atoms with Crippen molar-refractivity contribution in [1.82, 2.24) is 0 Å². The van der Waals surface area contributed by atoms with Crippen LogP contribution in [0.5, 0.6) is 0 Å². The van der Waals surface area contributed by atoms with E-state index in [1.54, 1.807) is 17.5 Å². The number of hydrogen-bond acceptors (Lipinski definition) is 1. The van der Waals surface area contributed by atoms with E-state index in [0.29, 0.717) is 14.2 Å². The summed E-state index contributed by atoms with van der Waals surface area (Å²) in [4.78, 5) is 0. The fourth-order valence-corrected chi connectivity index (χ4v) is 3.04. The molecule has 0 bridgehead atoms. The van der Waals surface area contributed by atoms with Gasteiger partial charge in [0.15, 0.2) is 0 Å². The van der Waals surface area contributed by atoms with Crippen molar-refractivity contribution in [3.05, 3.63) is 32.6 Å². The van der Waals surface area contributed by atoms with E-state index in [1.807, 2.05) is 0 Å². The fraction of sp³-hybridized carbons (Fsp3) is 0.111. The molecule has 0 N–H and O–H groups in total. The molecule has 0 fully saturated rings. The van der Waals surface area contributed by atoms with Crippen LogP contribution in [0.1, 0.15) is 12.0 Å². The minimum atomic E-state index is -2.51. The summed E-state index contributed by atoms with van der Waals surface area (Å²) in [6.07, 6.45) is -2.51. The van der Waals surface area contributed by atoms with Gasteiger partial charge in [-0.05, 0) is 38.8 Å². The van der Waals surface area contributed by atoms with Crippen molar-refractivity contribution in [3.63, 3.8) is 0 Å². The molecule has 0 unspecified atom stereocenters. The third-order valence-electron chi connectivity index (χ3n) is 1.89. The summed E-state index contributed by atoms with van der Waals surface area (Å²) in [5.41, 5.74) is -0.0116. The first-order valence-electron chi connectivity index (χ1n) is 3.74. The van der Waals surface area contributed by atoms with Crippen molar-refractivity contribution in [2.24, 2.45) is 0 Å². The van der Waals surface area contributed by atoms with Gasteiger partial charge in [0, 0.05) is 9.17 Å². The van der Waals surface area contributed by atoms with Gasteiger partial charge in [-0.2, -0.15) is 0 Å². The van der Waals surface area contributed by atoms with Gasteiger partial charge < -0.3 is 0 Å².